The highest BCUT2D eigenvalue weighted by Crippen LogP contribution is 2.29. The summed E-state index contributed by atoms with van der Waals surface area (Å²) in [5.74, 6) is 0.253. The van der Waals surface area contributed by atoms with Gasteiger partial charge in [0.2, 0.25) is 0 Å². The fourth-order valence-corrected chi connectivity index (χ4v) is 2.78. The van der Waals surface area contributed by atoms with Gasteiger partial charge in [0.25, 0.3) is 0 Å². The fraction of sp³-hybridized carbons (Fsp3) is 0.385. The van der Waals surface area contributed by atoms with Crippen molar-refractivity contribution in [3.05, 3.63) is 29.3 Å². The van der Waals surface area contributed by atoms with Crippen LogP contribution in [0, 0.1) is 0 Å². The third-order valence-corrected chi connectivity index (χ3v) is 3.78. The maximum Gasteiger partial charge on any atom is 0.147 e. The molecule has 0 amide bonds. The molecule has 0 saturated carbocycles. The lowest BCUT2D eigenvalue weighted by atomic mass is 10.2. The van der Waals surface area contributed by atoms with Gasteiger partial charge in [-0.1, -0.05) is 37.3 Å². The van der Waals surface area contributed by atoms with E-state index in [4.69, 9.17) is 0 Å². The molecule has 0 bridgehead atoms. The summed E-state index contributed by atoms with van der Waals surface area (Å²) < 4.78 is 0. The predicted octanol–water partition coefficient (Wildman–Crippen LogP) is 2.97. The van der Waals surface area contributed by atoms with Gasteiger partial charge in [0.1, 0.15) is 15.8 Å². The second-order valence-corrected chi connectivity index (χ2v) is 5.02. The van der Waals surface area contributed by atoms with E-state index in [0.717, 1.165) is 28.5 Å². The van der Waals surface area contributed by atoms with Gasteiger partial charge in [-0.05, 0) is 25.1 Å². The molecular weight excluding hydrogens is 246 g/mol. The lowest BCUT2D eigenvalue weighted by Crippen LogP contribution is -2.19. The quantitative estimate of drug-likeness (QED) is 0.870. The second kappa shape index (κ2) is 5.93. The zero-order valence-corrected chi connectivity index (χ0v) is 11.4. The minimum Gasteiger partial charge on any atom is -0.508 e. The average Bonchev–Trinajstić information content (AvgIpc) is 2.85. The van der Waals surface area contributed by atoms with E-state index >= 15 is 0 Å². The van der Waals surface area contributed by atoms with E-state index in [0.29, 0.717) is 0 Å². The Labute approximate surface area is 111 Å². The minimum atomic E-state index is 0.253. The molecule has 1 atom stereocenters. The Balaban J connectivity index is 2.24. The van der Waals surface area contributed by atoms with E-state index in [2.05, 4.69) is 29.4 Å². The molecule has 5 heteroatoms. The van der Waals surface area contributed by atoms with Gasteiger partial charge in [0.05, 0.1) is 6.04 Å². The number of phenols is 1. The van der Waals surface area contributed by atoms with Gasteiger partial charge in [-0.15, -0.1) is 10.2 Å². The molecular formula is C13H17N3OS. The summed E-state index contributed by atoms with van der Waals surface area (Å²) in [4.78, 5) is 0. The fourth-order valence-electron chi connectivity index (χ4n) is 1.78. The van der Waals surface area contributed by atoms with Crippen LogP contribution in [0.2, 0.25) is 0 Å². The number of aromatic nitrogens is 2. The van der Waals surface area contributed by atoms with Crippen LogP contribution in [-0.4, -0.2) is 21.8 Å². The molecule has 0 radical (unpaired) electrons. The maximum atomic E-state index is 9.46. The highest BCUT2D eigenvalue weighted by molar-refractivity contribution is 7.14. The van der Waals surface area contributed by atoms with Gasteiger partial charge in [0.15, 0.2) is 0 Å². The van der Waals surface area contributed by atoms with Gasteiger partial charge >= 0.3 is 0 Å². The first kappa shape index (κ1) is 13.0. The summed E-state index contributed by atoms with van der Waals surface area (Å²) in [6.07, 6.45) is 0.989. The van der Waals surface area contributed by atoms with E-state index in [9.17, 15) is 5.11 Å². The van der Waals surface area contributed by atoms with Crippen molar-refractivity contribution in [3.8, 4) is 16.3 Å². The van der Waals surface area contributed by atoms with Gasteiger partial charge in [-0.3, -0.25) is 0 Å². The molecule has 2 rings (SSSR count). The van der Waals surface area contributed by atoms with Gasteiger partial charge in [-0.2, -0.15) is 0 Å². The van der Waals surface area contributed by atoms with Crippen LogP contribution in [0.3, 0.4) is 0 Å². The molecule has 0 spiro atoms. The zero-order valence-electron chi connectivity index (χ0n) is 10.6. The van der Waals surface area contributed by atoms with Gasteiger partial charge in [0, 0.05) is 5.56 Å². The summed E-state index contributed by atoms with van der Waals surface area (Å²) >= 11 is 1.57. The van der Waals surface area contributed by atoms with E-state index in [1.54, 1.807) is 23.5 Å². The summed E-state index contributed by atoms with van der Waals surface area (Å²) in [6, 6.07) is 7.36. The second-order valence-electron chi connectivity index (χ2n) is 4.01. The smallest absolute Gasteiger partial charge is 0.147 e. The van der Waals surface area contributed by atoms with Crippen molar-refractivity contribution in [1.29, 1.82) is 0 Å². The Morgan fingerprint density at radius 2 is 2.17 bits per heavy atom. The standard InChI is InChI=1S/C13H17N3OS/c1-3-11(14-4-2)13-16-15-12(18-13)9-6-5-7-10(17)8-9/h5-8,11,14,17H,3-4H2,1-2H3. The van der Waals surface area contributed by atoms with E-state index in [-0.39, 0.29) is 11.8 Å². The number of rotatable bonds is 5. The number of phenolic OH excluding ortho intramolecular Hbond substituents is 1. The van der Waals surface area contributed by atoms with Crippen LogP contribution in [-0.2, 0) is 0 Å². The molecule has 1 unspecified atom stereocenters. The molecule has 2 aromatic rings. The minimum absolute atomic E-state index is 0.253. The summed E-state index contributed by atoms with van der Waals surface area (Å²) in [5, 5.41) is 23.1. The van der Waals surface area contributed by atoms with Crippen LogP contribution in [0.25, 0.3) is 10.6 Å². The lowest BCUT2D eigenvalue weighted by Gasteiger charge is -2.10. The van der Waals surface area contributed by atoms with Crippen LogP contribution in [0.1, 0.15) is 31.3 Å². The van der Waals surface area contributed by atoms with Crippen molar-refractivity contribution in [1.82, 2.24) is 15.5 Å². The van der Waals surface area contributed by atoms with Crippen molar-refractivity contribution in [3.63, 3.8) is 0 Å². The molecule has 96 valence electrons. The number of hydrogen-bond acceptors (Lipinski definition) is 5. The molecule has 2 N–H and O–H groups in total. The van der Waals surface area contributed by atoms with E-state index in [1.807, 2.05) is 12.1 Å². The molecule has 18 heavy (non-hydrogen) atoms. The molecule has 0 saturated heterocycles. The molecule has 0 aliphatic rings. The zero-order chi connectivity index (χ0) is 13.0. The van der Waals surface area contributed by atoms with Crippen LogP contribution >= 0.6 is 11.3 Å². The van der Waals surface area contributed by atoms with Gasteiger partial charge in [-0.25, -0.2) is 0 Å². The van der Waals surface area contributed by atoms with Crippen molar-refractivity contribution < 1.29 is 5.11 Å². The Morgan fingerprint density at radius 3 is 2.83 bits per heavy atom. The molecule has 1 aromatic carbocycles. The Kier molecular flexibility index (Phi) is 4.28. The van der Waals surface area contributed by atoms with Crippen molar-refractivity contribution in [2.24, 2.45) is 0 Å². The summed E-state index contributed by atoms with van der Waals surface area (Å²) in [6.45, 7) is 5.13. The number of benzene rings is 1. The number of nitrogens with zero attached hydrogens (tertiary/aromatic N) is 2. The van der Waals surface area contributed by atoms with Crippen molar-refractivity contribution >= 4 is 11.3 Å². The Bertz CT molecular complexity index is 512. The van der Waals surface area contributed by atoms with Crippen molar-refractivity contribution in [2.45, 2.75) is 26.3 Å². The lowest BCUT2D eigenvalue weighted by molar-refractivity contribution is 0.475. The molecule has 4 nitrogen and oxygen atoms in total. The Hall–Kier alpha value is -1.46. The molecule has 0 aliphatic carbocycles. The first-order chi connectivity index (χ1) is 8.74. The highest BCUT2D eigenvalue weighted by Gasteiger charge is 2.14. The molecule has 0 aliphatic heterocycles. The van der Waals surface area contributed by atoms with E-state index in [1.165, 1.54) is 0 Å². The monoisotopic (exact) mass is 263 g/mol. The SMILES string of the molecule is CCNC(CC)c1nnc(-c2cccc(O)c2)s1. The molecule has 1 aromatic heterocycles. The van der Waals surface area contributed by atoms with Crippen LogP contribution in [0.15, 0.2) is 24.3 Å². The molecule has 0 fully saturated rings. The topological polar surface area (TPSA) is 58.0 Å². The number of nitrogens with one attached hydrogen (secondary N) is 1. The summed E-state index contributed by atoms with van der Waals surface area (Å²) in [7, 11) is 0. The highest BCUT2D eigenvalue weighted by atomic mass is 32.1. The first-order valence-electron chi connectivity index (χ1n) is 6.10. The third kappa shape index (κ3) is 2.86. The van der Waals surface area contributed by atoms with Crippen LogP contribution in [0.5, 0.6) is 5.75 Å². The van der Waals surface area contributed by atoms with Crippen molar-refractivity contribution in [2.75, 3.05) is 6.54 Å². The van der Waals surface area contributed by atoms with Gasteiger partial charge < -0.3 is 10.4 Å². The van der Waals surface area contributed by atoms with E-state index < -0.39 is 0 Å². The van der Waals surface area contributed by atoms with Crippen LogP contribution in [0.4, 0.5) is 0 Å². The molecule has 1 heterocycles. The third-order valence-electron chi connectivity index (χ3n) is 2.69. The first-order valence-corrected chi connectivity index (χ1v) is 6.92. The summed E-state index contributed by atoms with van der Waals surface area (Å²) in [5.41, 5.74) is 0.908. The number of aromatic hydroxyl groups is 1. The maximum absolute atomic E-state index is 9.46. The normalized spacial score (nSPS) is 12.6. The van der Waals surface area contributed by atoms with Crippen LogP contribution < -0.4 is 5.32 Å². The Morgan fingerprint density at radius 1 is 1.33 bits per heavy atom. The largest absolute Gasteiger partial charge is 0.508 e. The predicted molar refractivity (Wildman–Crippen MR) is 73.7 cm³/mol. The number of hydrogen-bond donors (Lipinski definition) is 2. The average molecular weight is 263 g/mol.